The van der Waals surface area contributed by atoms with E-state index >= 15 is 0 Å². The SMILES string of the molecule is CCCCC(CC)Cn1c2ccccc2c2ccc(-c3ccc(-c4ccc5c6ccccc6n(CC(CC)CCCC)c5c4)c4nc5c6cccnc6c6ncccc6c5nc34)cc21. The van der Waals surface area contributed by atoms with E-state index in [1.807, 2.05) is 24.5 Å². The summed E-state index contributed by atoms with van der Waals surface area (Å²) in [5.74, 6) is 1.23. The predicted octanol–water partition coefficient (Wildman–Crippen LogP) is 15.9. The van der Waals surface area contributed by atoms with Gasteiger partial charge in [0.2, 0.25) is 0 Å². The Hall–Kier alpha value is -6.66. The van der Waals surface area contributed by atoms with E-state index in [1.54, 1.807) is 0 Å². The smallest absolute Gasteiger partial charge is 0.0996 e. The number of hydrogen-bond donors (Lipinski definition) is 0. The van der Waals surface area contributed by atoms with Crippen molar-refractivity contribution in [3.05, 3.63) is 134 Å². The van der Waals surface area contributed by atoms with Gasteiger partial charge in [0.05, 0.1) is 33.1 Å². The lowest BCUT2D eigenvalue weighted by Crippen LogP contribution is -2.10. The summed E-state index contributed by atoms with van der Waals surface area (Å²) in [7, 11) is 0. The summed E-state index contributed by atoms with van der Waals surface area (Å²) < 4.78 is 5.18. The largest absolute Gasteiger partial charge is 0.340 e. The van der Waals surface area contributed by atoms with Gasteiger partial charge < -0.3 is 9.13 Å². The molecule has 0 saturated carbocycles. The zero-order valence-corrected chi connectivity index (χ0v) is 37.6. The summed E-state index contributed by atoms with van der Waals surface area (Å²) >= 11 is 0. The molecule has 2 atom stereocenters. The van der Waals surface area contributed by atoms with Gasteiger partial charge in [0, 0.05) is 91.0 Å². The van der Waals surface area contributed by atoms with Crippen LogP contribution < -0.4 is 0 Å². The van der Waals surface area contributed by atoms with E-state index < -0.39 is 0 Å². The third-order valence-electron chi connectivity index (χ3n) is 14.3. The highest BCUT2D eigenvalue weighted by atomic mass is 15.0. The molecule has 0 fully saturated rings. The van der Waals surface area contributed by atoms with E-state index in [-0.39, 0.29) is 0 Å². The molecule has 11 rings (SSSR count). The number of fused-ring (bicyclic) bond motifs is 13. The van der Waals surface area contributed by atoms with Gasteiger partial charge in [-0.05, 0) is 84.3 Å². The van der Waals surface area contributed by atoms with Gasteiger partial charge in [-0.15, -0.1) is 0 Å². The van der Waals surface area contributed by atoms with Crippen LogP contribution in [0.2, 0.25) is 0 Å². The number of rotatable bonds is 14. The number of pyridine rings is 2. The Labute approximate surface area is 375 Å². The maximum absolute atomic E-state index is 5.71. The summed E-state index contributed by atoms with van der Waals surface area (Å²) in [5, 5.41) is 7.12. The summed E-state index contributed by atoms with van der Waals surface area (Å²) in [5.41, 5.74) is 14.7. The van der Waals surface area contributed by atoms with Gasteiger partial charge in [0.25, 0.3) is 0 Å². The second kappa shape index (κ2) is 16.8. The molecule has 0 aliphatic rings. The zero-order valence-electron chi connectivity index (χ0n) is 37.6. The highest BCUT2D eigenvalue weighted by Gasteiger charge is 2.22. The van der Waals surface area contributed by atoms with Crippen LogP contribution in [-0.4, -0.2) is 29.1 Å². The highest BCUT2D eigenvalue weighted by molar-refractivity contribution is 6.22. The van der Waals surface area contributed by atoms with Crippen molar-refractivity contribution in [2.75, 3.05) is 0 Å². The van der Waals surface area contributed by atoms with Crippen molar-refractivity contribution in [2.45, 2.75) is 92.2 Å². The molecule has 0 bridgehead atoms. The quantitative estimate of drug-likeness (QED) is 0.0808. The Morgan fingerprint density at radius 3 is 1.27 bits per heavy atom. The van der Waals surface area contributed by atoms with Gasteiger partial charge in [-0.2, -0.15) is 0 Å². The molecule has 5 heterocycles. The Bertz CT molecular complexity index is 3310. The van der Waals surface area contributed by atoms with Crippen molar-refractivity contribution >= 4 is 87.5 Å². The van der Waals surface area contributed by atoms with Crippen molar-refractivity contribution in [1.29, 1.82) is 0 Å². The molecule has 0 N–H and O–H groups in total. The molecule has 0 amide bonds. The highest BCUT2D eigenvalue weighted by Crippen LogP contribution is 2.42. The monoisotopic (exact) mass is 836 g/mol. The third kappa shape index (κ3) is 6.69. The van der Waals surface area contributed by atoms with Gasteiger partial charge in [0.1, 0.15) is 0 Å². The Morgan fingerprint density at radius 1 is 0.406 bits per heavy atom. The second-order valence-electron chi connectivity index (χ2n) is 18.1. The molecule has 11 aromatic rings. The first-order valence-corrected chi connectivity index (χ1v) is 23.9. The first kappa shape index (κ1) is 40.1. The third-order valence-corrected chi connectivity index (χ3v) is 14.3. The maximum Gasteiger partial charge on any atom is 0.0996 e. The molecule has 318 valence electrons. The van der Waals surface area contributed by atoms with Gasteiger partial charge in [0.15, 0.2) is 0 Å². The summed E-state index contributed by atoms with van der Waals surface area (Å²) in [6.45, 7) is 11.3. The average Bonchev–Trinajstić information content (AvgIpc) is 3.83. The number of hydrogen-bond acceptors (Lipinski definition) is 4. The van der Waals surface area contributed by atoms with Gasteiger partial charge in [-0.25, -0.2) is 9.97 Å². The second-order valence-corrected chi connectivity index (χ2v) is 18.1. The van der Waals surface area contributed by atoms with E-state index in [4.69, 9.17) is 19.9 Å². The molecular weight excluding hydrogens is 781 g/mol. The fraction of sp³-hybridized carbons (Fsp3) is 0.276. The van der Waals surface area contributed by atoms with Crippen molar-refractivity contribution in [2.24, 2.45) is 11.8 Å². The van der Waals surface area contributed by atoms with Crippen molar-refractivity contribution in [3.8, 4) is 22.3 Å². The minimum Gasteiger partial charge on any atom is -0.340 e. The van der Waals surface area contributed by atoms with Crippen LogP contribution in [0.15, 0.2) is 134 Å². The standard InChI is InChI=1S/C58H56N6/c1-5-9-17-37(7-3)35-63-49-23-13-11-19-43(49)45-27-25-39(33-51(45)63)41-29-30-42(56-55(41)61-57-47-21-15-31-59-53(47)54-48(58(57)62-56)22-16-32-60-54)40-26-28-46-44-20-12-14-24-50(44)64(52(46)34-40)36-38(8-4)18-10-6-2/h11-16,19-34,37-38H,5-10,17-18,35-36H2,1-4H3. The van der Waals surface area contributed by atoms with E-state index in [2.05, 4.69) is 146 Å². The molecule has 0 radical (unpaired) electrons. The lowest BCUT2D eigenvalue weighted by atomic mass is 9.95. The molecular formula is C58H56N6. The van der Waals surface area contributed by atoms with Crippen LogP contribution in [0.5, 0.6) is 0 Å². The minimum absolute atomic E-state index is 0.617. The topological polar surface area (TPSA) is 61.4 Å². The van der Waals surface area contributed by atoms with Crippen LogP contribution in [-0.2, 0) is 13.1 Å². The zero-order chi connectivity index (χ0) is 43.3. The molecule has 6 aromatic carbocycles. The summed E-state index contributed by atoms with van der Waals surface area (Å²) in [4.78, 5) is 21.1. The Morgan fingerprint density at radius 2 is 0.828 bits per heavy atom. The number of unbranched alkanes of at least 4 members (excludes halogenated alkanes) is 2. The molecule has 0 saturated heterocycles. The van der Waals surface area contributed by atoms with Crippen LogP contribution >= 0.6 is 0 Å². The number of aromatic nitrogens is 6. The first-order chi connectivity index (χ1) is 31.6. The number of benzene rings is 6. The summed E-state index contributed by atoms with van der Waals surface area (Å²) in [6.07, 6.45) is 13.5. The van der Waals surface area contributed by atoms with Crippen LogP contribution in [0.3, 0.4) is 0 Å². The fourth-order valence-electron chi connectivity index (χ4n) is 10.7. The van der Waals surface area contributed by atoms with Gasteiger partial charge in [-0.1, -0.05) is 139 Å². The van der Waals surface area contributed by atoms with E-state index in [0.29, 0.717) is 11.8 Å². The molecule has 6 heteroatoms. The molecule has 0 spiro atoms. The first-order valence-electron chi connectivity index (χ1n) is 23.9. The molecule has 0 aliphatic carbocycles. The average molecular weight is 837 g/mol. The van der Waals surface area contributed by atoms with Crippen molar-refractivity contribution < 1.29 is 0 Å². The molecule has 64 heavy (non-hydrogen) atoms. The molecule has 5 aromatic heterocycles. The molecule has 0 aliphatic heterocycles. The predicted molar refractivity (Wildman–Crippen MR) is 271 cm³/mol. The van der Waals surface area contributed by atoms with Crippen molar-refractivity contribution in [3.63, 3.8) is 0 Å². The Kier molecular flexibility index (Phi) is 10.5. The van der Waals surface area contributed by atoms with E-state index in [0.717, 1.165) is 79.2 Å². The Balaban J connectivity index is 1.17. The van der Waals surface area contributed by atoms with E-state index in [9.17, 15) is 0 Å². The number of nitrogens with zero attached hydrogens (tertiary/aromatic N) is 6. The molecule has 2 unspecified atom stereocenters. The maximum atomic E-state index is 5.71. The lowest BCUT2D eigenvalue weighted by Gasteiger charge is -2.18. The lowest BCUT2D eigenvalue weighted by molar-refractivity contribution is 0.401. The van der Waals surface area contributed by atoms with Crippen LogP contribution in [0.4, 0.5) is 0 Å². The summed E-state index contributed by atoms with van der Waals surface area (Å²) in [6, 6.07) is 44.8. The van der Waals surface area contributed by atoms with Gasteiger partial charge in [-0.3, -0.25) is 9.97 Å². The van der Waals surface area contributed by atoms with Crippen LogP contribution in [0.25, 0.3) is 110 Å². The normalized spacial score (nSPS) is 13.2. The molecule has 6 nitrogen and oxygen atoms in total. The fourth-order valence-corrected chi connectivity index (χ4v) is 10.7. The van der Waals surface area contributed by atoms with E-state index in [1.165, 1.54) is 95.0 Å². The minimum atomic E-state index is 0.617. The van der Waals surface area contributed by atoms with Crippen LogP contribution in [0.1, 0.15) is 79.1 Å². The van der Waals surface area contributed by atoms with Crippen LogP contribution in [0, 0.1) is 11.8 Å². The number of para-hydroxylation sites is 2. The van der Waals surface area contributed by atoms with Gasteiger partial charge >= 0.3 is 0 Å². The van der Waals surface area contributed by atoms with Crippen molar-refractivity contribution in [1.82, 2.24) is 29.1 Å².